The minimum atomic E-state index is -3.56. The summed E-state index contributed by atoms with van der Waals surface area (Å²) in [5, 5.41) is 3.15. The van der Waals surface area contributed by atoms with Gasteiger partial charge in [-0.15, -0.1) is 0 Å². The van der Waals surface area contributed by atoms with Gasteiger partial charge in [0.15, 0.2) is 0 Å². The largest absolute Gasteiger partial charge is 0.378 e. The number of nitrogens with one attached hydrogen (secondary N) is 2. The summed E-state index contributed by atoms with van der Waals surface area (Å²) in [5.74, 6) is 0. The standard InChI is InChI=1S/C15H24N2O3S/c1-9-6-10(2)12(4)15(11(9)3)21(18,19)17-13-7-16-8-14(13)20-5/h6,13-14,16-17H,7-8H2,1-5H3/t13?,14-/m0/s1. The van der Waals surface area contributed by atoms with Crippen molar-refractivity contribution in [1.29, 1.82) is 0 Å². The molecule has 1 aromatic carbocycles. The monoisotopic (exact) mass is 312 g/mol. The van der Waals surface area contributed by atoms with E-state index in [4.69, 9.17) is 4.74 Å². The van der Waals surface area contributed by atoms with Gasteiger partial charge in [0.2, 0.25) is 10.0 Å². The lowest BCUT2D eigenvalue weighted by Crippen LogP contribution is -2.43. The Kier molecular flexibility index (Phi) is 4.72. The van der Waals surface area contributed by atoms with Crippen LogP contribution in [0, 0.1) is 27.7 Å². The minimum Gasteiger partial charge on any atom is -0.378 e. The zero-order valence-electron chi connectivity index (χ0n) is 13.3. The molecule has 0 spiro atoms. The maximum atomic E-state index is 12.8. The highest BCUT2D eigenvalue weighted by molar-refractivity contribution is 7.89. The Morgan fingerprint density at radius 3 is 2.24 bits per heavy atom. The van der Waals surface area contributed by atoms with E-state index < -0.39 is 10.0 Å². The highest BCUT2D eigenvalue weighted by atomic mass is 32.2. The molecule has 0 radical (unpaired) electrons. The highest BCUT2D eigenvalue weighted by Crippen LogP contribution is 2.26. The highest BCUT2D eigenvalue weighted by Gasteiger charge is 2.32. The van der Waals surface area contributed by atoms with Crippen LogP contribution in [0.4, 0.5) is 0 Å². The van der Waals surface area contributed by atoms with E-state index in [-0.39, 0.29) is 12.1 Å². The Morgan fingerprint density at radius 2 is 1.71 bits per heavy atom. The Bertz CT molecular complexity index is 615. The van der Waals surface area contributed by atoms with E-state index in [0.29, 0.717) is 18.0 Å². The van der Waals surface area contributed by atoms with Crippen LogP contribution in [0.5, 0.6) is 0 Å². The Labute approximate surface area is 127 Å². The lowest BCUT2D eigenvalue weighted by atomic mass is 10.0. The molecule has 0 amide bonds. The lowest BCUT2D eigenvalue weighted by Gasteiger charge is -2.21. The van der Waals surface area contributed by atoms with E-state index in [0.717, 1.165) is 22.3 Å². The second-order valence-corrected chi connectivity index (χ2v) is 7.40. The zero-order valence-corrected chi connectivity index (χ0v) is 14.1. The first kappa shape index (κ1) is 16.4. The van der Waals surface area contributed by atoms with Crippen molar-refractivity contribution in [3.63, 3.8) is 0 Å². The predicted molar refractivity (Wildman–Crippen MR) is 83.2 cm³/mol. The fraction of sp³-hybridized carbons (Fsp3) is 0.600. The molecule has 1 aliphatic heterocycles. The molecule has 21 heavy (non-hydrogen) atoms. The second kappa shape index (κ2) is 6.04. The zero-order chi connectivity index (χ0) is 15.8. The van der Waals surface area contributed by atoms with Gasteiger partial charge >= 0.3 is 0 Å². The van der Waals surface area contributed by atoms with Crippen LogP contribution < -0.4 is 10.0 Å². The van der Waals surface area contributed by atoms with E-state index in [2.05, 4.69) is 10.0 Å². The number of hydrogen-bond donors (Lipinski definition) is 2. The summed E-state index contributed by atoms with van der Waals surface area (Å²) in [4.78, 5) is 0.404. The molecule has 1 saturated heterocycles. The molecule has 1 unspecified atom stereocenters. The van der Waals surface area contributed by atoms with Crippen LogP contribution >= 0.6 is 0 Å². The lowest BCUT2D eigenvalue weighted by molar-refractivity contribution is 0.103. The minimum absolute atomic E-state index is 0.133. The molecule has 0 aliphatic carbocycles. The topological polar surface area (TPSA) is 67.4 Å². The average Bonchev–Trinajstić information content (AvgIpc) is 2.82. The molecule has 0 bridgehead atoms. The van der Waals surface area contributed by atoms with Crippen LogP contribution in [-0.2, 0) is 14.8 Å². The van der Waals surface area contributed by atoms with E-state index in [1.807, 2.05) is 33.8 Å². The Balaban J connectivity index is 2.41. The molecular weight excluding hydrogens is 288 g/mol. The van der Waals surface area contributed by atoms with Gasteiger partial charge < -0.3 is 10.1 Å². The van der Waals surface area contributed by atoms with E-state index >= 15 is 0 Å². The first-order valence-electron chi connectivity index (χ1n) is 7.11. The van der Waals surface area contributed by atoms with E-state index in [1.165, 1.54) is 0 Å². The van der Waals surface area contributed by atoms with Gasteiger partial charge in [0.1, 0.15) is 0 Å². The number of methoxy groups -OCH3 is 1. The fourth-order valence-electron chi connectivity index (χ4n) is 2.86. The van der Waals surface area contributed by atoms with Gasteiger partial charge in [-0.3, -0.25) is 0 Å². The van der Waals surface area contributed by atoms with Gasteiger partial charge in [-0.1, -0.05) is 6.07 Å². The second-order valence-electron chi connectivity index (χ2n) is 5.75. The number of hydrogen-bond acceptors (Lipinski definition) is 4. The fourth-order valence-corrected chi connectivity index (χ4v) is 4.74. The summed E-state index contributed by atoms with van der Waals surface area (Å²) < 4.78 is 33.7. The van der Waals surface area contributed by atoms with Gasteiger partial charge in [-0.2, -0.15) is 0 Å². The first-order valence-corrected chi connectivity index (χ1v) is 8.59. The molecule has 1 fully saturated rings. The number of aryl methyl sites for hydroxylation is 2. The maximum Gasteiger partial charge on any atom is 0.241 e. The predicted octanol–water partition coefficient (Wildman–Crippen LogP) is 1.19. The first-order chi connectivity index (χ1) is 9.77. The third-order valence-corrected chi connectivity index (χ3v) is 6.10. The van der Waals surface area contributed by atoms with Crippen molar-refractivity contribution in [2.24, 2.45) is 0 Å². The maximum absolute atomic E-state index is 12.8. The third kappa shape index (κ3) is 3.13. The van der Waals surface area contributed by atoms with Gasteiger partial charge in [0.25, 0.3) is 0 Å². The molecule has 1 aromatic rings. The third-order valence-electron chi connectivity index (χ3n) is 4.33. The van der Waals surface area contributed by atoms with Gasteiger partial charge in [0.05, 0.1) is 17.0 Å². The number of ether oxygens (including phenoxy) is 1. The molecule has 2 atom stereocenters. The Hall–Kier alpha value is -0.950. The van der Waals surface area contributed by atoms with Crippen molar-refractivity contribution >= 4 is 10.0 Å². The molecule has 1 aliphatic rings. The molecule has 118 valence electrons. The number of benzene rings is 1. The number of sulfonamides is 1. The smallest absolute Gasteiger partial charge is 0.241 e. The average molecular weight is 312 g/mol. The van der Waals surface area contributed by atoms with Gasteiger partial charge in [-0.05, 0) is 49.9 Å². The van der Waals surface area contributed by atoms with Crippen molar-refractivity contribution < 1.29 is 13.2 Å². The Morgan fingerprint density at radius 1 is 1.14 bits per heavy atom. The van der Waals surface area contributed by atoms with Crippen molar-refractivity contribution in [1.82, 2.24) is 10.0 Å². The number of rotatable bonds is 4. The van der Waals surface area contributed by atoms with Crippen LogP contribution in [0.15, 0.2) is 11.0 Å². The summed E-state index contributed by atoms with van der Waals surface area (Å²) in [5.41, 5.74) is 3.61. The van der Waals surface area contributed by atoms with Crippen molar-refractivity contribution in [2.45, 2.75) is 44.7 Å². The van der Waals surface area contributed by atoms with Gasteiger partial charge in [0, 0.05) is 20.2 Å². The van der Waals surface area contributed by atoms with E-state index in [1.54, 1.807) is 7.11 Å². The van der Waals surface area contributed by atoms with Crippen LogP contribution in [0.2, 0.25) is 0 Å². The van der Waals surface area contributed by atoms with Crippen LogP contribution in [0.3, 0.4) is 0 Å². The normalized spacial score (nSPS) is 22.7. The van der Waals surface area contributed by atoms with Crippen LogP contribution in [0.1, 0.15) is 22.3 Å². The molecular formula is C15H24N2O3S. The summed E-state index contributed by atoms with van der Waals surface area (Å²) in [7, 11) is -1.96. The molecule has 2 N–H and O–H groups in total. The summed E-state index contributed by atoms with van der Waals surface area (Å²) in [6, 6.07) is 1.79. The summed E-state index contributed by atoms with van der Waals surface area (Å²) in [6.07, 6.45) is -0.133. The quantitative estimate of drug-likeness (QED) is 0.876. The molecule has 2 rings (SSSR count). The molecule has 0 aromatic heterocycles. The van der Waals surface area contributed by atoms with Gasteiger partial charge in [-0.25, -0.2) is 13.1 Å². The van der Waals surface area contributed by atoms with Crippen LogP contribution in [-0.4, -0.2) is 40.8 Å². The molecule has 0 saturated carbocycles. The van der Waals surface area contributed by atoms with Crippen LogP contribution in [0.25, 0.3) is 0 Å². The van der Waals surface area contributed by atoms with Crippen molar-refractivity contribution in [3.8, 4) is 0 Å². The molecule has 6 heteroatoms. The summed E-state index contributed by atoms with van der Waals surface area (Å²) >= 11 is 0. The molecule has 5 nitrogen and oxygen atoms in total. The summed E-state index contributed by atoms with van der Waals surface area (Å²) in [6.45, 7) is 8.84. The van der Waals surface area contributed by atoms with Crippen molar-refractivity contribution in [3.05, 3.63) is 28.3 Å². The SMILES string of the molecule is CO[C@H]1CNCC1NS(=O)(=O)c1c(C)c(C)cc(C)c1C. The molecule has 1 heterocycles. The van der Waals surface area contributed by atoms with E-state index in [9.17, 15) is 8.42 Å². The van der Waals surface area contributed by atoms with Crippen molar-refractivity contribution in [2.75, 3.05) is 20.2 Å².